The van der Waals surface area contributed by atoms with Gasteiger partial charge in [-0.05, 0) is 64.2 Å². The summed E-state index contributed by atoms with van der Waals surface area (Å²) >= 11 is 0. The van der Waals surface area contributed by atoms with Gasteiger partial charge in [0.15, 0.2) is 0 Å². The maximum atomic E-state index is 4.97. The Labute approximate surface area is 201 Å². The summed E-state index contributed by atoms with van der Waals surface area (Å²) < 4.78 is 2.39. The van der Waals surface area contributed by atoms with Crippen LogP contribution < -0.4 is 0 Å². The Hall–Kier alpha value is -2.35. The van der Waals surface area contributed by atoms with Crippen molar-refractivity contribution in [1.29, 1.82) is 0 Å². The van der Waals surface area contributed by atoms with Crippen molar-refractivity contribution in [2.24, 2.45) is 5.92 Å². The van der Waals surface area contributed by atoms with Gasteiger partial charge in [-0.25, -0.2) is 4.98 Å². The molecule has 1 aliphatic rings. The number of nitrogens with zero attached hydrogens (tertiary/aromatic N) is 2. The van der Waals surface area contributed by atoms with Gasteiger partial charge >= 0.3 is 0 Å². The van der Waals surface area contributed by atoms with Gasteiger partial charge in [0.1, 0.15) is 5.82 Å². The van der Waals surface area contributed by atoms with Crippen LogP contribution >= 0.6 is 0 Å². The molecular weight excluding hydrogens is 400 g/mol. The first kappa shape index (κ1) is 23.8. The molecule has 176 valence electrons. The zero-order chi connectivity index (χ0) is 23.9. The molecule has 1 saturated carbocycles. The second kappa shape index (κ2) is 9.12. The lowest BCUT2D eigenvalue weighted by molar-refractivity contribution is 0.572. The first-order valence-corrected chi connectivity index (χ1v) is 13.1. The molecule has 2 heteroatoms. The van der Waals surface area contributed by atoms with Gasteiger partial charge in [-0.15, -0.1) is 0 Å². The summed E-state index contributed by atoms with van der Waals surface area (Å²) in [6.45, 7) is 18.6. The van der Waals surface area contributed by atoms with E-state index >= 15 is 0 Å². The van der Waals surface area contributed by atoms with E-state index in [2.05, 4.69) is 103 Å². The number of aromatic nitrogens is 2. The van der Waals surface area contributed by atoms with Crippen LogP contribution in [0.3, 0.4) is 0 Å². The highest BCUT2D eigenvalue weighted by molar-refractivity contribution is 5.68. The molecule has 0 N–H and O–H groups in total. The number of hydrogen-bond acceptors (Lipinski definition) is 1. The summed E-state index contributed by atoms with van der Waals surface area (Å²) in [6, 6.07) is 13.9. The smallest absolute Gasteiger partial charge is 0.144 e. The highest BCUT2D eigenvalue weighted by atomic mass is 15.1. The van der Waals surface area contributed by atoms with Crippen LogP contribution in [0.2, 0.25) is 0 Å². The topological polar surface area (TPSA) is 17.8 Å². The first-order valence-electron chi connectivity index (χ1n) is 13.1. The molecule has 3 aromatic rings. The van der Waals surface area contributed by atoms with Crippen LogP contribution in [0.25, 0.3) is 17.1 Å². The standard InChI is InChI=1S/C31H42N2/c1-9-24-19-31(24,10-2)28-14-12-11-13-25(28)30-32-15-16-33(30)29-26(21(5)6)17-23(20(3)4)18-27(29)22(7)8/h11-18,20-22,24H,9-10,19H2,1-8H3. The maximum Gasteiger partial charge on any atom is 0.144 e. The number of benzene rings is 2. The molecule has 1 fully saturated rings. The Kier molecular flexibility index (Phi) is 6.58. The molecule has 0 bridgehead atoms. The SMILES string of the molecule is CCC1CC1(CC)c1ccccc1-c1nccn1-c1c(C(C)C)cc(C(C)C)cc1C(C)C. The molecule has 2 atom stereocenters. The Bertz CT molecular complexity index is 1090. The van der Waals surface area contributed by atoms with Crippen LogP contribution in [-0.4, -0.2) is 9.55 Å². The van der Waals surface area contributed by atoms with Crippen molar-refractivity contribution in [3.8, 4) is 17.1 Å². The van der Waals surface area contributed by atoms with Gasteiger partial charge in [-0.3, -0.25) is 4.57 Å². The largest absolute Gasteiger partial charge is 0.299 e. The quantitative estimate of drug-likeness (QED) is 0.340. The average Bonchev–Trinajstić information content (AvgIpc) is 3.34. The Morgan fingerprint density at radius 1 is 0.939 bits per heavy atom. The van der Waals surface area contributed by atoms with Crippen molar-refractivity contribution >= 4 is 0 Å². The predicted molar refractivity (Wildman–Crippen MR) is 142 cm³/mol. The van der Waals surface area contributed by atoms with Crippen LogP contribution in [0, 0.1) is 5.92 Å². The van der Waals surface area contributed by atoms with E-state index in [0.717, 1.165) is 11.7 Å². The van der Waals surface area contributed by atoms with Crippen molar-refractivity contribution in [2.45, 2.75) is 97.8 Å². The molecule has 2 unspecified atom stereocenters. The highest BCUT2D eigenvalue weighted by Crippen LogP contribution is 2.60. The Morgan fingerprint density at radius 2 is 1.58 bits per heavy atom. The van der Waals surface area contributed by atoms with Gasteiger partial charge in [0, 0.05) is 18.0 Å². The van der Waals surface area contributed by atoms with Crippen LogP contribution in [-0.2, 0) is 5.41 Å². The molecule has 1 aliphatic carbocycles. The third-order valence-electron chi connectivity index (χ3n) is 8.04. The van der Waals surface area contributed by atoms with E-state index < -0.39 is 0 Å². The third-order valence-corrected chi connectivity index (χ3v) is 8.04. The molecule has 0 radical (unpaired) electrons. The van der Waals surface area contributed by atoms with Crippen LogP contribution in [0.5, 0.6) is 0 Å². The molecular formula is C31H42N2. The van der Waals surface area contributed by atoms with Crippen LogP contribution in [0.15, 0.2) is 48.8 Å². The lowest BCUT2D eigenvalue weighted by Gasteiger charge is -2.25. The van der Waals surface area contributed by atoms with Crippen molar-refractivity contribution in [3.05, 3.63) is 71.0 Å². The van der Waals surface area contributed by atoms with Crippen molar-refractivity contribution in [3.63, 3.8) is 0 Å². The first-order chi connectivity index (χ1) is 15.7. The molecule has 33 heavy (non-hydrogen) atoms. The fourth-order valence-corrected chi connectivity index (χ4v) is 5.86. The van der Waals surface area contributed by atoms with Gasteiger partial charge in [-0.1, -0.05) is 98.2 Å². The van der Waals surface area contributed by atoms with Crippen LogP contribution in [0.1, 0.15) is 115 Å². The van der Waals surface area contributed by atoms with Gasteiger partial charge in [0.2, 0.25) is 0 Å². The number of rotatable bonds is 8. The second-order valence-electron chi connectivity index (χ2n) is 11.0. The average molecular weight is 443 g/mol. The second-order valence-corrected chi connectivity index (χ2v) is 11.0. The van der Waals surface area contributed by atoms with Crippen molar-refractivity contribution in [1.82, 2.24) is 9.55 Å². The minimum absolute atomic E-state index is 0.311. The normalized spacial score (nSPS) is 20.3. The molecule has 1 aromatic heterocycles. The van der Waals surface area contributed by atoms with Crippen LogP contribution in [0.4, 0.5) is 0 Å². The van der Waals surface area contributed by atoms with Gasteiger partial charge < -0.3 is 0 Å². The third kappa shape index (κ3) is 4.07. The van der Waals surface area contributed by atoms with E-state index in [4.69, 9.17) is 4.98 Å². The summed E-state index contributed by atoms with van der Waals surface area (Å²) in [4.78, 5) is 4.97. The van der Waals surface area contributed by atoms with E-state index in [1.807, 2.05) is 6.20 Å². The minimum Gasteiger partial charge on any atom is -0.299 e. The molecule has 0 amide bonds. The molecule has 2 nitrogen and oxygen atoms in total. The molecule has 0 aliphatic heterocycles. The summed E-state index contributed by atoms with van der Waals surface area (Å²) in [5.74, 6) is 3.27. The molecule has 0 saturated heterocycles. The summed E-state index contributed by atoms with van der Waals surface area (Å²) in [6.07, 6.45) is 7.91. The Balaban J connectivity index is 1.96. The maximum absolute atomic E-state index is 4.97. The minimum atomic E-state index is 0.311. The van der Waals surface area contributed by atoms with E-state index in [-0.39, 0.29) is 0 Å². The van der Waals surface area contributed by atoms with E-state index in [1.54, 1.807) is 0 Å². The Morgan fingerprint density at radius 3 is 2.09 bits per heavy atom. The van der Waals surface area contributed by atoms with E-state index in [1.165, 1.54) is 52.8 Å². The summed E-state index contributed by atoms with van der Waals surface area (Å²) in [7, 11) is 0. The summed E-state index contributed by atoms with van der Waals surface area (Å²) in [5, 5.41) is 0. The van der Waals surface area contributed by atoms with Crippen molar-refractivity contribution < 1.29 is 0 Å². The summed E-state index contributed by atoms with van der Waals surface area (Å²) in [5.41, 5.74) is 8.71. The van der Waals surface area contributed by atoms with Gasteiger partial charge in [0.25, 0.3) is 0 Å². The fourth-order valence-electron chi connectivity index (χ4n) is 5.86. The molecule has 4 rings (SSSR count). The molecule has 0 spiro atoms. The van der Waals surface area contributed by atoms with E-state index in [9.17, 15) is 0 Å². The molecule has 2 aromatic carbocycles. The van der Waals surface area contributed by atoms with E-state index in [0.29, 0.717) is 23.2 Å². The van der Waals surface area contributed by atoms with Gasteiger partial charge in [-0.2, -0.15) is 0 Å². The fraction of sp³-hybridized carbons (Fsp3) is 0.516. The molecule has 1 heterocycles. The highest BCUT2D eigenvalue weighted by Gasteiger charge is 2.53. The van der Waals surface area contributed by atoms with Crippen molar-refractivity contribution in [2.75, 3.05) is 0 Å². The van der Waals surface area contributed by atoms with Gasteiger partial charge in [0.05, 0.1) is 5.69 Å². The number of hydrogen-bond donors (Lipinski definition) is 0. The predicted octanol–water partition coefficient (Wildman–Crippen LogP) is 8.99. The lowest BCUT2D eigenvalue weighted by atomic mass is 9.85. The number of imidazole rings is 1. The lowest BCUT2D eigenvalue weighted by Crippen LogP contribution is -2.13. The zero-order valence-electron chi connectivity index (χ0n) is 21.9. The zero-order valence-corrected chi connectivity index (χ0v) is 21.9. The monoisotopic (exact) mass is 442 g/mol.